The van der Waals surface area contributed by atoms with Gasteiger partial charge in [-0.05, 0) is 37.1 Å². The first-order valence-corrected chi connectivity index (χ1v) is 12.1. The summed E-state index contributed by atoms with van der Waals surface area (Å²) < 4.78 is 4.91. The third-order valence-corrected chi connectivity index (χ3v) is 6.62. The molecule has 1 atom stereocenters. The fourth-order valence-corrected chi connectivity index (χ4v) is 4.67. The molecule has 2 aromatic carbocycles. The first kappa shape index (κ1) is 24.9. The fourth-order valence-electron chi connectivity index (χ4n) is 4.67. The molecule has 0 saturated carbocycles. The smallest absolute Gasteiger partial charge is 0.294 e. The van der Waals surface area contributed by atoms with Crippen LogP contribution in [0.1, 0.15) is 54.3 Å². The fraction of sp³-hybridized carbons (Fsp3) is 0.286. The van der Waals surface area contributed by atoms with Crippen molar-refractivity contribution in [3.63, 3.8) is 0 Å². The Kier molecular flexibility index (Phi) is 7.33. The zero-order chi connectivity index (χ0) is 25.8. The number of carbonyl (C=O) groups is 3. The number of ketones is 1. The van der Waals surface area contributed by atoms with Crippen LogP contribution in [-0.2, 0) is 4.79 Å². The lowest BCUT2D eigenvalue weighted by Gasteiger charge is -2.32. The number of aromatic nitrogens is 1. The molecule has 1 aliphatic heterocycles. The van der Waals surface area contributed by atoms with Crippen molar-refractivity contribution in [2.75, 3.05) is 11.4 Å². The number of nitrogens with zero attached hydrogens (tertiary/aromatic N) is 2. The molecule has 0 radical (unpaired) electrons. The van der Waals surface area contributed by atoms with Gasteiger partial charge >= 0.3 is 0 Å². The van der Waals surface area contributed by atoms with Crippen LogP contribution < -0.4 is 10.2 Å². The number of hydrogen-bond donors (Lipinski definition) is 2. The first-order valence-electron chi connectivity index (χ1n) is 12.1. The molecule has 36 heavy (non-hydrogen) atoms. The Labute approximate surface area is 209 Å². The number of rotatable bonds is 9. The van der Waals surface area contributed by atoms with Gasteiger partial charge in [-0.3, -0.25) is 19.3 Å². The Morgan fingerprint density at radius 1 is 1.00 bits per heavy atom. The van der Waals surface area contributed by atoms with E-state index < -0.39 is 23.5 Å². The molecule has 3 aromatic rings. The normalized spacial score (nSPS) is 15.6. The molecule has 1 aromatic heterocycles. The van der Waals surface area contributed by atoms with E-state index in [4.69, 9.17) is 4.52 Å². The third kappa shape index (κ3) is 4.54. The second-order valence-corrected chi connectivity index (χ2v) is 8.66. The van der Waals surface area contributed by atoms with E-state index in [-0.39, 0.29) is 17.4 Å². The van der Waals surface area contributed by atoms with E-state index in [1.807, 2.05) is 32.9 Å². The average molecular weight is 488 g/mol. The van der Waals surface area contributed by atoms with Crippen LogP contribution in [0.15, 0.2) is 76.7 Å². The molecular formula is C28H29N3O5. The van der Waals surface area contributed by atoms with Gasteiger partial charge in [0.25, 0.3) is 11.8 Å². The van der Waals surface area contributed by atoms with Crippen LogP contribution in [-0.4, -0.2) is 40.4 Å². The van der Waals surface area contributed by atoms with E-state index in [1.165, 1.54) is 11.2 Å². The van der Waals surface area contributed by atoms with Gasteiger partial charge in [-0.25, -0.2) is 0 Å². The van der Waals surface area contributed by atoms with Crippen LogP contribution >= 0.6 is 0 Å². The molecule has 0 saturated heterocycles. The van der Waals surface area contributed by atoms with E-state index >= 15 is 0 Å². The number of amides is 2. The minimum atomic E-state index is -0.624. The molecule has 1 unspecified atom stereocenters. The van der Waals surface area contributed by atoms with Crippen molar-refractivity contribution in [2.24, 2.45) is 5.92 Å². The van der Waals surface area contributed by atoms with Crippen molar-refractivity contribution >= 4 is 23.3 Å². The van der Waals surface area contributed by atoms with Crippen LogP contribution in [0.3, 0.4) is 0 Å². The monoisotopic (exact) mass is 487 g/mol. The number of aliphatic hydroxyl groups excluding tert-OH is 1. The lowest BCUT2D eigenvalue weighted by molar-refractivity contribution is -0.117. The maximum absolute atomic E-state index is 13.6. The van der Waals surface area contributed by atoms with Crippen LogP contribution in [0, 0.1) is 5.92 Å². The minimum Gasteiger partial charge on any atom is -0.503 e. The highest BCUT2D eigenvalue weighted by molar-refractivity contribution is 6.21. The summed E-state index contributed by atoms with van der Waals surface area (Å²) in [5, 5.41) is 17.6. The van der Waals surface area contributed by atoms with Gasteiger partial charge in [0.1, 0.15) is 12.0 Å². The molecule has 1 aliphatic rings. The predicted molar refractivity (Wildman–Crippen MR) is 136 cm³/mol. The standard InChI is InChI=1S/C28H29N3O5/c1-4-17(5-2)24-23(25(32)19-7-9-20(10-8-19)27(34)29-6-3)26(33)28(35)31(24)21-13-11-18(12-14-21)22-15-16-36-30-22/h7-17,24,33H,4-6H2,1-3H3,(H,29,34). The Morgan fingerprint density at radius 3 is 2.19 bits per heavy atom. The van der Waals surface area contributed by atoms with Gasteiger partial charge < -0.3 is 14.9 Å². The number of anilines is 1. The van der Waals surface area contributed by atoms with Gasteiger partial charge in [-0.1, -0.05) is 56.1 Å². The summed E-state index contributed by atoms with van der Waals surface area (Å²) in [6.07, 6.45) is 2.91. The van der Waals surface area contributed by atoms with Gasteiger partial charge in [0.15, 0.2) is 11.5 Å². The van der Waals surface area contributed by atoms with E-state index in [9.17, 15) is 19.5 Å². The number of nitrogens with one attached hydrogen (secondary N) is 1. The molecule has 0 spiro atoms. The average Bonchev–Trinajstić information content (AvgIpc) is 3.52. The zero-order valence-corrected chi connectivity index (χ0v) is 20.5. The first-order chi connectivity index (χ1) is 17.4. The van der Waals surface area contributed by atoms with Crippen molar-refractivity contribution in [3.05, 3.63) is 83.3 Å². The van der Waals surface area contributed by atoms with Crippen LogP contribution in [0.4, 0.5) is 5.69 Å². The summed E-state index contributed by atoms with van der Waals surface area (Å²) >= 11 is 0. The summed E-state index contributed by atoms with van der Waals surface area (Å²) in [4.78, 5) is 40.5. The van der Waals surface area contributed by atoms with Crippen LogP contribution in [0.2, 0.25) is 0 Å². The number of hydrogen-bond acceptors (Lipinski definition) is 6. The SMILES string of the molecule is CCNC(=O)c1ccc(C(=O)C2=C(O)C(=O)N(c3ccc(-c4ccon4)cc3)C2C(CC)CC)cc1. The van der Waals surface area contributed by atoms with Crippen LogP contribution in [0.25, 0.3) is 11.3 Å². The van der Waals surface area contributed by atoms with Crippen LogP contribution in [0.5, 0.6) is 0 Å². The van der Waals surface area contributed by atoms with Gasteiger partial charge in [0.05, 0.1) is 11.6 Å². The maximum Gasteiger partial charge on any atom is 0.294 e. The Morgan fingerprint density at radius 2 is 1.64 bits per heavy atom. The second-order valence-electron chi connectivity index (χ2n) is 8.66. The highest BCUT2D eigenvalue weighted by atomic mass is 16.5. The number of Topliss-reactive ketones (excluding diaryl/α,β-unsaturated/α-hetero) is 1. The molecule has 4 rings (SSSR count). The van der Waals surface area contributed by atoms with E-state index in [1.54, 1.807) is 42.5 Å². The number of aliphatic hydroxyl groups is 1. The molecular weight excluding hydrogens is 458 g/mol. The molecule has 186 valence electrons. The van der Waals surface area contributed by atoms with E-state index in [2.05, 4.69) is 10.5 Å². The predicted octanol–water partition coefficient (Wildman–Crippen LogP) is 4.94. The van der Waals surface area contributed by atoms with Crippen molar-refractivity contribution in [2.45, 2.75) is 39.7 Å². The Balaban J connectivity index is 1.70. The molecule has 0 bridgehead atoms. The highest BCUT2D eigenvalue weighted by Gasteiger charge is 2.46. The molecule has 2 heterocycles. The lowest BCUT2D eigenvalue weighted by atomic mass is 9.85. The number of benzene rings is 2. The third-order valence-electron chi connectivity index (χ3n) is 6.62. The summed E-state index contributed by atoms with van der Waals surface area (Å²) in [6.45, 7) is 6.33. The molecule has 8 nitrogen and oxygen atoms in total. The quantitative estimate of drug-likeness (QED) is 0.414. The molecule has 2 N–H and O–H groups in total. The second kappa shape index (κ2) is 10.6. The van der Waals surface area contributed by atoms with Gasteiger partial charge in [-0.15, -0.1) is 0 Å². The molecule has 0 fully saturated rings. The van der Waals surface area contributed by atoms with E-state index in [0.717, 1.165) is 5.56 Å². The van der Waals surface area contributed by atoms with Crippen molar-refractivity contribution < 1.29 is 24.0 Å². The number of carbonyl (C=O) groups excluding carboxylic acids is 3. The zero-order valence-electron chi connectivity index (χ0n) is 20.5. The largest absolute Gasteiger partial charge is 0.503 e. The van der Waals surface area contributed by atoms with Crippen molar-refractivity contribution in [1.29, 1.82) is 0 Å². The van der Waals surface area contributed by atoms with Crippen molar-refractivity contribution in [3.8, 4) is 11.3 Å². The van der Waals surface area contributed by atoms with E-state index in [0.29, 0.717) is 41.9 Å². The molecule has 0 aliphatic carbocycles. The summed E-state index contributed by atoms with van der Waals surface area (Å²) in [7, 11) is 0. The summed E-state index contributed by atoms with van der Waals surface area (Å²) in [6, 6.07) is 14.6. The molecule has 2 amide bonds. The van der Waals surface area contributed by atoms with Gasteiger partial charge in [0.2, 0.25) is 0 Å². The maximum atomic E-state index is 13.6. The highest BCUT2D eigenvalue weighted by Crippen LogP contribution is 2.38. The van der Waals surface area contributed by atoms with Crippen molar-refractivity contribution in [1.82, 2.24) is 10.5 Å². The topological polar surface area (TPSA) is 113 Å². The lowest BCUT2D eigenvalue weighted by Crippen LogP contribution is -2.42. The Hall–Kier alpha value is -4.20. The summed E-state index contributed by atoms with van der Waals surface area (Å²) in [5.41, 5.74) is 2.87. The Bertz CT molecular complexity index is 1270. The molecule has 8 heteroatoms. The van der Waals surface area contributed by atoms with Gasteiger partial charge in [0, 0.05) is 35.0 Å². The van der Waals surface area contributed by atoms with Gasteiger partial charge in [-0.2, -0.15) is 0 Å². The summed E-state index contributed by atoms with van der Waals surface area (Å²) in [5.74, 6) is -1.86. The minimum absolute atomic E-state index is 0.0534.